The average molecular weight is 396 g/mol. The number of hydrogen-bond donors (Lipinski definition) is 2. The third-order valence-corrected chi connectivity index (χ3v) is 7.34. The van der Waals surface area contributed by atoms with Gasteiger partial charge in [0.25, 0.3) is 5.91 Å². The normalized spacial score (nSPS) is 19.6. The van der Waals surface area contributed by atoms with Crippen LogP contribution in [0, 0.1) is 6.92 Å². The molecule has 3 N–H and O–H groups in total. The molecule has 1 aliphatic rings. The van der Waals surface area contributed by atoms with Crippen molar-refractivity contribution in [2.45, 2.75) is 76.3 Å². The first-order chi connectivity index (χ1) is 12.8. The van der Waals surface area contributed by atoms with Gasteiger partial charge in [0.2, 0.25) is 10.0 Å². The highest BCUT2D eigenvalue weighted by atomic mass is 32.2. The predicted molar refractivity (Wildman–Crippen MR) is 108 cm³/mol. The van der Waals surface area contributed by atoms with E-state index in [0.717, 1.165) is 44.1 Å². The van der Waals surface area contributed by atoms with Crippen LogP contribution in [0.25, 0.3) is 0 Å². The molecule has 1 fully saturated rings. The van der Waals surface area contributed by atoms with Crippen molar-refractivity contribution < 1.29 is 13.2 Å². The van der Waals surface area contributed by atoms with E-state index < -0.39 is 10.0 Å². The molecule has 1 heterocycles. The molecule has 0 spiro atoms. The van der Waals surface area contributed by atoms with Gasteiger partial charge in [0, 0.05) is 30.7 Å². The Morgan fingerprint density at radius 2 is 2.11 bits per heavy atom. The van der Waals surface area contributed by atoms with E-state index in [4.69, 9.17) is 5.73 Å². The molecular formula is C20H33N3O3S. The Balaban J connectivity index is 2.25. The van der Waals surface area contributed by atoms with E-state index in [1.54, 1.807) is 16.4 Å². The van der Waals surface area contributed by atoms with E-state index in [9.17, 15) is 13.2 Å². The molecule has 0 aliphatic carbocycles. The molecule has 1 aromatic rings. The summed E-state index contributed by atoms with van der Waals surface area (Å²) in [4.78, 5) is 12.9. The van der Waals surface area contributed by atoms with Gasteiger partial charge in [-0.2, -0.15) is 4.31 Å². The minimum atomic E-state index is -3.60. The lowest BCUT2D eigenvalue weighted by Crippen LogP contribution is -2.42. The Hall–Kier alpha value is -1.44. The van der Waals surface area contributed by atoms with Crippen molar-refractivity contribution in [3.8, 4) is 0 Å². The molecule has 0 bridgehead atoms. The van der Waals surface area contributed by atoms with Gasteiger partial charge in [-0.25, -0.2) is 8.42 Å². The predicted octanol–water partition coefficient (Wildman–Crippen LogP) is 2.81. The second-order valence-corrected chi connectivity index (χ2v) is 9.38. The van der Waals surface area contributed by atoms with Gasteiger partial charge in [0.1, 0.15) is 0 Å². The molecule has 0 saturated carbocycles. The van der Waals surface area contributed by atoms with Gasteiger partial charge in [0.05, 0.1) is 4.90 Å². The maximum absolute atomic E-state index is 13.1. The number of sulfonamides is 1. The average Bonchev–Trinajstić information content (AvgIpc) is 2.65. The number of carbonyl (C=O) groups is 1. The van der Waals surface area contributed by atoms with Crippen LogP contribution in [0.1, 0.15) is 68.3 Å². The fourth-order valence-electron chi connectivity index (χ4n) is 3.53. The van der Waals surface area contributed by atoms with Crippen LogP contribution in [-0.4, -0.2) is 43.8 Å². The molecule has 2 unspecified atom stereocenters. The summed E-state index contributed by atoms with van der Waals surface area (Å²) < 4.78 is 27.7. The molecule has 0 aromatic heterocycles. The fourth-order valence-corrected chi connectivity index (χ4v) is 5.26. The van der Waals surface area contributed by atoms with Gasteiger partial charge in [-0.05, 0) is 50.8 Å². The van der Waals surface area contributed by atoms with Crippen molar-refractivity contribution in [1.29, 1.82) is 0 Å². The molecule has 1 saturated heterocycles. The molecule has 1 aliphatic heterocycles. The van der Waals surface area contributed by atoms with E-state index in [2.05, 4.69) is 12.2 Å². The van der Waals surface area contributed by atoms with Crippen LogP contribution in [0.3, 0.4) is 0 Å². The van der Waals surface area contributed by atoms with Crippen molar-refractivity contribution >= 4 is 15.9 Å². The molecule has 7 heteroatoms. The lowest BCUT2D eigenvalue weighted by Gasteiger charge is -2.32. The van der Waals surface area contributed by atoms with E-state index in [0.29, 0.717) is 18.7 Å². The summed E-state index contributed by atoms with van der Waals surface area (Å²) in [5, 5.41) is 2.95. The monoisotopic (exact) mass is 395 g/mol. The summed E-state index contributed by atoms with van der Waals surface area (Å²) >= 11 is 0. The summed E-state index contributed by atoms with van der Waals surface area (Å²) in [7, 11) is -3.60. The van der Waals surface area contributed by atoms with Crippen LogP contribution in [0.4, 0.5) is 0 Å². The smallest absolute Gasteiger partial charge is 0.251 e. The summed E-state index contributed by atoms with van der Waals surface area (Å²) in [6.07, 6.45) is 5.63. The molecule has 2 atom stereocenters. The van der Waals surface area contributed by atoms with Crippen LogP contribution in [0.5, 0.6) is 0 Å². The summed E-state index contributed by atoms with van der Waals surface area (Å²) in [5.74, 6) is -0.261. The van der Waals surface area contributed by atoms with E-state index >= 15 is 0 Å². The number of amides is 1. The quantitative estimate of drug-likeness (QED) is 0.708. The lowest BCUT2D eigenvalue weighted by molar-refractivity contribution is 0.0935. The summed E-state index contributed by atoms with van der Waals surface area (Å²) in [5.41, 5.74) is 6.93. The third-order valence-electron chi connectivity index (χ3n) is 5.33. The number of aryl methyl sites for hydroxylation is 1. The molecule has 1 amide bonds. The zero-order valence-electron chi connectivity index (χ0n) is 16.7. The highest BCUT2D eigenvalue weighted by Gasteiger charge is 2.31. The molecule has 6 nitrogen and oxygen atoms in total. The number of benzene rings is 1. The zero-order valence-corrected chi connectivity index (χ0v) is 17.5. The first-order valence-corrected chi connectivity index (χ1v) is 11.4. The Kier molecular flexibility index (Phi) is 7.82. The van der Waals surface area contributed by atoms with Gasteiger partial charge < -0.3 is 11.1 Å². The molecule has 2 rings (SSSR count). The highest BCUT2D eigenvalue weighted by Crippen LogP contribution is 2.26. The standard InChI is InChI=1S/C20H33N3O3S/c1-4-5-9-17(14-21)22-20(24)19-13-18(11-10-15(19)2)27(25,26)23-12-7-6-8-16(23)3/h10-11,13,16-17H,4-9,12,14,21H2,1-3H3,(H,22,24). The largest absolute Gasteiger partial charge is 0.348 e. The van der Waals surface area contributed by atoms with Gasteiger partial charge in [-0.15, -0.1) is 0 Å². The van der Waals surface area contributed by atoms with E-state index in [1.165, 1.54) is 6.07 Å². The Morgan fingerprint density at radius 3 is 2.74 bits per heavy atom. The number of hydrogen-bond acceptors (Lipinski definition) is 4. The highest BCUT2D eigenvalue weighted by molar-refractivity contribution is 7.89. The van der Waals surface area contributed by atoms with Crippen LogP contribution in [-0.2, 0) is 10.0 Å². The molecule has 27 heavy (non-hydrogen) atoms. The number of rotatable bonds is 8. The number of unbranched alkanes of at least 4 members (excludes halogenated alkanes) is 1. The SMILES string of the molecule is CCCCC(CN)NC(=O)c1cc(S(=O)(=O)N2CCCCC2C)ccc1C. The maximum atomic E-state index is 13.1. The Labute approximate surface area is 163 Å². The molecule has 152 valence electrons. The first kappa shape index (κ1) is 21.9. The minimum Gasteiger partial charge on any atom is -0.348 e. The fraction of sp³-hybridized carbons (Fsp3) is 0.650. The van der Waals surface area contributed by atoms with Gasteiger partial charge in [-0.1, -0.05) is 32.3 Å². The van der Waals surface area contributed by atoms with Crippen LogP contribution in [0.2, 0.25) is 0 Å². The van der Waals surface area contributed by atoms with Crippen molar-refractivity contribution in [2.24, 2.45) is 5.73 Å². The van der Waals surface area contributed by atoms with Gasteiger partial charge in [0.15, 0.2) is 0 Å². The number of piperidine rings is 1. The van der Waals surface area contributed by atoms with Crippen molar-refractivity contribution in [3.63, 3.8) is 0 Å². The third kappa shape index (κ3) is 5.30. The minimum absolute atomic E-state index is 0.0157. The molecule has 1 aromatic carbocycles. The van der Waals surface area contributed by atoms with Crippen LogP contribution in [0.15, 0.2) is 23.1 Å². The van der Waals surface area contributed by atoms with Crippen molar-refractivity contribution in [2.75, 3.05) is 13.1 Å². The van der Waals surface area contributed by atoms with E-state index in [-0.39, 0.29) is 22.9 Å². The number of carbonyl (C=O) groups excluding carboxylic acids is 1. The second kappa shape index (κ2) is 9.66. The number of nitrogens with zero attached hydrogens (tertiary/aromatic N) is 1. The molecule has 0 radical (unpaired) electrons. The second-order valence-electron chi connectivity index (χ2n) is 7.49. The zero-order chi connectivity index (χ0) is 20.0. The van der Waals surface area contributed by atoms with Crippen molar-refractivity contribution in [3.05, 3.63) is 29.3 Å². The van der Waals surface area contributed by atoms with E-state index in [1.807, 2.05) is 13.8 Å². The van der Waals surface area contributed by atoms with Crippen LogP contribution >= 0.6 is 0 Å². The number of nitrogens with two attached hydrogens (primary N) is 1. The Morgan fingerprint density at radius 1 is 1.37 bits per heavy atom. The topological polar surface area (TPSA) is 92.5 Å². The van der Waals surface area contributed by atoms with Gasteiger partial charge in [-0.3, -0.25) is 4.79 Å². The Bertz CT molecular complexity index is 749. The van der Waals surface area contributed by atoms with Gasteiger partial charge >= 0.3 is 0 Å². The lowest BCUT2D eigenvalue weighted by atomic mass is 10.1. The van der Waals surface area contributed by atoms with Crippen molar-refractivity contribution in [1.82, 2.24) is 9.62 Å². The number of nitrogens with one attached hydrogen (secondary N) is 1. The summed E-state index contributed by atoms with van der Waals surface area (Å²) in [6, 6.07) is 4.70. The summed E-state index contributed by atoms with van der Waals surface area (Å²) in [6.45, 7) is 6.76. The first-order valence-electron chi connectivity index (χ1n) is 9.94. The van der Waals surface area contributed by atoms with Crippen LogP contribution < -0.4 is 11.1 Å². The molecular weight excluding hydrogens is 362 g/mol. The maximum Gasteiger partial charge on any atom is 0.251 e.